The summed E-state index contributed by atoms with van der Waals surface area (Å²) in [5, 5.41) is 0. The Labute approximate surface area is 215 Å². The van der Waals surface area contributed by atoms with Crippen LogP contribution in [0.4, 0.5) is 0 Å². The highest BCUT2D eigenvalue weighted by Gasteiger charge is 2.16. The van der Waals surface area contributed by atoms with Gasteiger partial charge in [-0.25, -0.2) is 9.13 Å². The van der Waals surface area contributed by atoms with Crippen molar-refractivity contribution in [2.75, 3.05) is 0 Å². The van der Waals surface area contributed by atoms with Crippen LogP contribution in [0, 0.1) is 0 Å². The summed E-state index contributed by atoms with van der Waals surface area (Å²) in [6.45, 7) is 9.38. The molecule has 0 bridgehead atoms. The lowest BCUT2D eigenvalue weighted by Gasteiger charge is -2.07. The van der Waals surface area contributed by atoms with Crippen LogP contribution >= 0.6 is 0 Å². The Morgan fingerprint density at radius 1 is 0.500 bits per heavy atom. The van der Waals surface area contributed by atoms with Crippen molar-refractivity contribution >= 4 is 0 Å². The van der Waals surface area contributed by atoms with E-state index in [0.717, 1.165) is 0 Å². The number of imidazole rings is 1. The largest absolute Gasteiger partial charge is 0.256 e. The second-order valence-electron chi connectivity index (χ2n) is 10.9. The van der Waals surface area contributed by atoms with Crippen LogP contribution in [0.1, 0.15) is 174 Å². The molecule has 2 heteroatoms. The minimum Gasteiger partial charge on any atom is -0.234 e. The highest BCUT2D eigenvalue weighted by molar-refractivity contribution is 4.84. The van der Waals surface area contributed by atoms with Gasteiger partial charge >= 0.3 is 0 Å². The number of aromatic nitrogens is 2. The van der Waals surface area contributed by atoms with Crippen molar-refractivity contribution in [1.29, 1.82) is 0 Å². The maximum Gasteiger partial charge on any atom is 0.256 e. The van der Waals surface area contributed by atoms with Gasteiger partial charge in [0, 0.05) is 6.42 Å². The van der Waals surface area contributed by atoms with E-state index in [1.165, 1.54) is 167 Å². The Bertz CT molecular complexity index is 533. The van der Waals surface area contributed by atoms with Crippen molar-refractivity contribution in [2.24, 2.45) is 0 Å². The summed E-state index contributed by atoms with van der Waals surface area (Å²) < 4.78 is 5.20. The second kappa shape index (κ2) is 23.9. The van der Waals surface area contributed by atoms with Gasteiger partial charge in [-0.15, -0.1) is 0 Å². The van der Waals surface area contributed by atoms with Gasteiger partial charge in [0.25, 0.3) is 5.82 Å². The van der Waals surface area contributed by atoms with E-state index in [-0.39, 0.29) is 0 Å². The summed E-state index contributed by atoms with van der Waals surface area (Å²) in [4.78, 5) is 0. The Hall–Kier alpha value is -0.790. The summed E-state index contributed by atoms with van der Waals surface area (Å²) in [7, 11) is 0. The van der Waals surface area contributed by atoms with Crippen molar-refractivity contribution < 1.29 is 4.57 Å². The molecule has 2 nitrogen and oxygen atoms in total. The van der Waals surface area contributed by atoms with Gasteiger partial charge in [-0.05, 0) is 32.1 Å². The van der Waals surface area contributed by atoms with E-state index in [1.807, 2.05) is 0 Å². The molecule has 0 fully saturated rings. The lowest BCUT2D eigenvalue weighted by atomic mass is 10.1. The van der Waals surface area contributed by atoms with Gasteiger partial charge in [0.2, 0.25) is 0 Å². The Kier molecular flexibility index (Phi) is 22.0. The zero-order valence-electron chi connectivity index (χ0n) is 23.9. The van der Waals surface area contributed by atoms with E-state index in [9.17, 15) is 0 Å². The van der Waals surface area contributed by atoms with E-state index >= 15 is 0 Å². The molecule has 0 saturated heterocycles. The van der Waals surface area contributed by atoms with Gasteiger partial charge in [-0.1, -0.05) is 136 Å². The van der Waals surface area contributed by atoms with Crippen molar-refractivity contribution in [3.8, 4) is 0 Å². The second-order valence-corrected chi connectivity index (χ2v) is 10.9. The summed E-state index contributed by atoms with van der Waals surface area (Å²) in [6, 6.07) is 0. The Morgan fingerprint density at radius 2 is 0.912 bits per heavy atom. The van der Waals surface area contributed by atoms with Crippen molar-refractivity contribution in [3.05, 3.63) is 18.2 Å². The highest BCUT2D eigenvalue weighted by atomic mass is 15.1. The minimum absolute atomic E-state index is 1.23. The van der Waals surface area contributed by atoms with Crippen LogP contribution in [0.5, 0.6) is 0 Å². The van der Waals surface area contributed by atoms with Crippen LogP contribution in [0.3, 0.4) is 0 Å². The molecule has 1 aromatic rings. The van der Waals surface area contributed by atoms with Crippen LogP contribution in [-0.2, 0) is 19.5 Å². The molecule has 0 aliphatic heterocycles. The van der Waals surface area contributed by atoms with Crippen LogP contribution in [0.2, 0.25) is 0 Å². The topological polar surface area (TPSA) is 8.81 Å². The van der Waals surface area contributed by atoms with Crippen molar-refractivity contribution in [3.63, 3.8) is 0 Å². The Balaban J connectivity index is 2.27. The first-order valence-corrected chi connectivity index (χ1v) is 15.9. The first-order valence-electron chi connectivity index (χ1n) is 15.9. The fourth-order valence-corrected chi connectivity index (χ4v) is 5.26. The van der Waals surface area contributed by atoms with E-state index in [2.05, 4.69) is 42.3 Å². The molecule has 0 aromatic carbocycles. The molecular weight excluding hydrogens is 412 g/mol. The van der Waals surface area contributed by atoms with Crippen LogP contribution in [0.25, 0.3) is 0 Å². The van der Waals surface area contributed by atoms with Crippen LogP contribution < -0.4 is 4.57 Å². The molecule has 0 saturated carbocycles. The maximum atomic E-state index is 2.60. The number of hydrogen-bond donors (Lipinski definition) is 0. The van der Waals surface area contributed by atoms with Crippen molar-refractivity contribution in [1.82, 2.24) is 4.57 Å². The third kappa shape index (κ3) is 16.8. The van der Waals surface area contributed by atoms with Gasteiger partial charge in [0.15, 0.2) is 0 Å². The van der Waals surface area contributed by atoms with Crippen molar-refractivity contribution in [2.45, 2.75) is 188 Å². The number of unbranched alkanes of at least 4 members (excludes halogenated alkanes) is 20. The number of nitrogens with zero attached hydrogens (tertiary/aromatic N) is 2. The molecule has 1 aromatic heterocycles. The Morgan fingerprint density at radius 3 is 1.41 bits per heavy atom. The number of aryl methyl sites for hydroxylation is 2. The average molecular weight is 476 g/mol. The predicted octanol–water partition coefficient (Wildman–Crippen LogP) is 10.4. The monoisotopic (exact) mass is 475 g/mol. The van der Waals surface area contributed by atoms with Gasteiger partial charge in [-0.2, -0.15) is 0 Å². The predicted molar refractivity (Wildman–Crippen MR) is 152 cm³/mol. The zero-order chi connectivity index (χ0) is 24.5. The minimum atomic E-state index is 1.23. The third-order valence-electron chi connectivity index (χ3n) is 7.60. The fourth-order valence-electron chi connectivity index (χ4n) is 5.26. The number of hydrogen-bond acceptors (Lipinski definition) is 0. The molecule has 0 amide bonds. The lowest BCUT2D eigenvalue weighted by Crippen LogP contribution is -2.37. The molecule has 1 heterocycles. The van der Waals surface area contributed by atoms with Gasteiger partial charge < -0.3 is 0 Å². The highest BCUT2D eigenvalue weighted by Crippen LogP contribution is 2.13. The lowest BCUT2D eigenvalue weighted by molar-refractivity contribution is -0.704. The molecule has 0 aliphatic rings. The van der Waals surface area contributed by atoms with E-state index in [4.69, 9.17) is 0 Å². The molecular formula is C32H63N2+. The first kappa shape index (κ1) is 31.2. The molecule has 0 aliphatic carbocycles. The van der Waals surface area contributed by atoms with Gasteiger partial charge in [-0.3, -0.25) is 0 Å². The molecule has 0 spiro atoms. The molecule has 200 valence electrons. The molecule has 34 heavy (non-hydrogen) atoms. The smallest absolute Gasteiger partial charge is 0.234 e. The number of rotatable bonds is 26. The molecule has 1 rings (SSSR count). The van der Waals surface area contributed by atoms with Crippen LogP contribution in [-0.4, -0.2) is 4.57 Å². The van der Waals surface area contributed by atoms with E-state index in [0.29, 0.717) is 0 Å². The zero-order valence-corrected chi connectivity index (χ0v) is 23.9. The van der Waals surface area contributed by atoms with Crippen LogP contribution in [0.15, 0.2) is 12.4 Å². The normalized spacial score (nSPS) is 11.5. The summed E-state index contributed by atoms with van der Waals surface area (Å²) in [5.74, 6) is 1.60. The fraction of sp³-hybridized carbons (Fsp3) is 0.906. The average Bonchev–Trinajstić information content (AvgIpc) is 3.23. The van der Waals surface area contributed by atoms with E-state index < -0.39 is 0 Å². The molecule has 0 N–H and O–H groups in total. The summed E-state index contributed by atoms with van der Waals surface area (Å²) in [6.07, 6.45) is 38.5. The third-order valence-corrected chi connectivity index (χ3v) is 7.60. The first-order chi connectivity index (χ1) is 16.8. The molecule has 0 radical (unpaired) electrons. The summed E-state index contributed by atoms with van der Waals surface area (Å²) in [5.41, 5.74) is 0. The molecule has 0 unspecified atom stereocenters. The van der Waals surface area contributed by atoms with Gasteiger partial charge in [0.1, 0.15) is 12.4 Å². The quantitative estimate of drug-likeness (QED) is 0.0930. The SMILES string of the molecule is CCCCCCCCCCCCC[n+]1ccn(CCCCCCCCCC)c1CCCCCC. The van der Waals surface area contributed by atoms with E-state index in [1.54, 1.807) is 5.82 Å². The standard InChI is InChI=1S/C32H63N2/c1-4-7-10-13-15-17-18-19-21-23-26-29-34-31-30-33(32(34)27-24-12-9-6-3)28-25-22-20-16-14-11-8-5-2/h30-31H,4-29H2,1-3H3/q+1. The summed E-state index contributed by atoms with van der Waals surface area (Å²) >= 11 is 0. The van der Waals surface area contributed by atoms with Gasteiger partial charge in [0.05, 0.1) is 13.1 Å². The maximum absolute atomic E-state index is 2.60. The molecule has 0 atom stereocenters.